The Balaban J connectivity index is 0.00000208. The zero-order valence-corrected chi connectivity index (χ0v) is 15.6. The number of benzene rings is 2. The number of fused-ring (bicyclic) bond motifs is 1. The molecule has 0 unspecified atom stereocenters. The summed E-state index contributed by atoms with van der Waals surface area (Å²) >= 11 is 0. The predicted octanol–water partition coefficient (Wildman–Crippen LogP) is 0.140. The summed E-state index contributed by atoms with van der Waals surface area (Å²) in [6.45, 7) is 0. The van der Waals surface area contributed by atoms with Gasteiger partial charge in [-0.3, -0.25) is 4.98 Å². The van der Waals surface area contributed by atoms with Crippen LogP contribution in [0.15, 0.2) is 69.9 Å². The van der Waals surface area contributed by atoms with Crippen molar-refractivity contribution in [1.82, 2.24) is 4.98 Å². The maximum absolute atomic E-state index is 11.5. The zero-order chi connectivity index (χ0) is 16.4. The van der Waals surface area contributed by atoms with E-state index in [1.807, 2.05) is 6.07 Å². The first-order valence-electron chi connectivity index (χ1n) is 6.57. The molecular weight excluding hydrogens is 339 g/mol. The van der Waals surface area contributed by atoms with Crippen LogP contribution in [0.5, 0.6) is 0 Å². The van der Waals surface area contributed by atoms with E-state index in [2.05, 4.69) is 15.2 Å². The monoisotopic (exact) mass is 350 g/mol. The van der Waals surface area contributed by atoms with E-state index in [0.717, 1.165) is 6.07 Å². The SMILES string of the molecule is Nc1c(N=Nc2ccccc2)cc(S(=O)(=O)[O-])c2cccnc12.[Na+]. The van der Waals surface area contributed by atoms with Gasteiger partial charge in [0.1, 0.15) is 15.8 Å². The molecule has 3 rings (SSSR count). The molecule has 0 amide bonds. The van der Waals surface area contributed by atoms with E-state index in [1.165, 1.54) is 18.3 Å². The van der Waals surface area contributed by atoms with Gasteiger partial charge in [0, 0.05) is 11.6 Å². The van der Waals surface area contributed by atoms with Crippen molar-refractivity contribution in [3.8, 4) is 0 Å². The largest absolute Gasteiger partial charge is 1.00 e. The van der Waals surface area contributed by atoms with Crippen molar-refractivity contribution >= 4 is 38.1 Å². The molecule has 3 aromatic rings. The molecule has 0 saturated heterocycles. The molecule has 1 heterocycles. The van der Waals surface area contributed by atoms with Gasteiger partial charge in [0.05, 0.1) is 21.8 Å². The summed E-state index contributed by atoms with van der Waals surface area (Å²) in [5.41, 5.74) is 6.99. The molecule has 1 aromatic heterocycles. The standard InChI is InChI=1S/C15H12N4O3S.Na/c16-14-12(19-18-10-5-2-1-3-6-10)9-13(23(20,21)22)11-7-4-8-17-15(11)14;/h1-9H,16H2,(H,20,21,22);/q;+1/p-1. The molecule has 0 aliphatic rings. The molecule has 7 nitrogen and oxygen atoms in total. The van der Waals surface area contributed by atoms with Gasteiger partial charge in [-0.15, -0.1) is 5.11 Å². The van der Waals surface area contributed by atoms with Crippen molar-refractivity contribution in [2.45, 2.75) is 4.90 Å². The number of hydrogen-bond donors (Lipinski definition) is 1. The van der Waals surface area contributed by atoms with E-state index < -0.39 is 15.0 Å². The molecular formula is C15H11N4NaO3S. The molecule has 0 atom stereocenters. The van der Waals surface area contributed by atoms with Crippen LogP contribution in [0, 0.1) is 0 Å². The second-order valence-corrected chi connectivity index (χ2v) is 6.04. The van der Waals surface area contributed by atoms with Gasteiger partial charge in [-0.2, -0.15) is 5.11 Å². The second-order valence-electron chi connectivity index (χ2n) is 4.70. The summed E-state index contributed by atoms with van der Waals surface area (Å²) in [6.07, 6.45) is 1.46. The molecule has 2 aromatic carbocycles. The third-order valence-electron chi connectivity index (χ3n) is 3.17. The Kier molecular flexibility index (Phi) is 5.68. The van der Waals surface area contributed by atoms with Crippen molar-refractivity contribution < 1.29 is 42.5 Å². The Morgan fingerprint density at radius 1 is 1.04 bits per heavy atom. The first kappa shape index (κ1) is 18.5. The first-order valence-corrected chi connectivity index (χ1v) is 7.97. The molecule has 0 spiro atoms. The number of nitrogens with two attached hydrogens (primary N) is 1. The van der Waals surface area contributed by atoms with Crippen molar-refractivity contribution in [3.05, 3.63) is 54.7 Å². The van der Waals surface area contributed by atoms with E-state index in [9.17, 15) is 13.0 Å². The third-order valence-corrected chi connectivity index (χ3v) is 4.05. The number of aromatic nitrogens is 1. The number of hydrogen-bond acceptors (Lipinski definition) is 7. The second kappa shape index (κ2) is 7.37. The topological polar surface area (TPSA) is 121 Å². The predicted molar refractivity (Wildman–Crippen MR) is 84.7 cm³/mol. The molecule has 0 bridgehead atoms. The first-order chi connectivity index (χ1) is 11.0. The summed E-state index contributed by atoms with van der Waals surface area (Å²) < 4.78 is 34.5. The van der Waals surface area contributed by atoms with Crippen LogP contribution in [0.2, 0.25) is 0 Å². The average Bonchev–Trinajstić information content (AvgIpc) is 2.54. The summed E-state index contributed by atoms with van der Waals surface area (Å²) in [5.74, 6) is 0. The van der Waals surface area contributed by atoms with Crippen molar-refractivity contribution in [2.24, 2.45) is 10.2 Å². The molecule has 116 valence electrons. The van der Waals surface area contributed by atoms with Gasteiger partial charge in [0.2, 0.25) is 0 Å². The van der Waals surface area contributed by atoms with Crippen molar-refractivity contribution in [3.63, 3.8) is 0 Å². The summed E-state index contributed by atoms with van der Waals surface area (Å²) in [6, 6.07) is 13.0. The molecule has 0 aliphatic heterocycles. The van der Waals surface area contributed by atoms with E-state index in [-0.39, 0.29) is 51.8 Å². The minimum Gasteiger partial charge on any atom is -0.744 e. The Morgan fingerprint density at radius 2 is 1.75 bits per heavy atom. The van der Waals surface area contributed by atoms with Crippen molar-refractivity contribution in [2.75, 3.05) is 5.73 Å². The fraction of sp³-hybridized carbons (Fsp3) is 0. The third kappa shape index (κ3) is 3.80. The van der Waals surface area contributed by atoms with Crippen LogP contribution in [0.25, 0.3) is 10.9 Å². The summed E-state index contributed by atoms with van der Waals surface area (Å²) in [4.78, 5) is 3.62. The van der Waals surface area contributed by atoms with Crippen LogP contribution in [0.1, 0.15) is 0 Å². The Morgan fingerprint density at radius 3 is 2.42 bits per heavy atom. The Bertz CT molecular complexity index is 1010. The van der Waals surface area contributed by atoms with Crippen LogP contribution in [-0.2, 0) is 10.1 Å². The van der Waals surface area contributed by atoms with E-state index in [1.54, 1.807) is 24.3 Å². The smallest absolute Gasteiger partial charge is 0.744 e. The molecule has 9 heteroatoms. The van der Waals surface area contributed by atoms with Crippen LogP contribution in [0.3, 0.4) is 0 Å². The van der Waals surface area contributed by atoms with Gasteiger partial charge in [0.25, 0.3) is 0 Å². The molecule has 2 N–H and O–H groups in total. The summed E-state index contributed by atoms with van der Waals surface area (Å²) in [5, 5.41) is 8.11. The van der Waals surface area contributed by atoms with Crippen LogP contribution >= 0.6 is 0 Å². The van der Waals surface area contributed by atoms with E-state index in [4.69, 9.17) is 5.73 Å². The number of anilines is 1. The van der Waals surface area contributed by atoms with Crippen LogP contribution in [0.4, 0.5) is 17.1 Å². The van der Waals surface area contributed by atoms with Gasteiger partial charge >= 0.3 is 29.6 Å². The van der Waals surface area contributed by atoms with E-state index in [0.29, 0.717) is 5.69 Å². The minimum absolute atomic E-state index is 0. The minimum atomic E-state index is -4.70. The molecule has 0 aliphatic carbocycles. The molecule has 0 radical (unpaired) electrons. The number of azo groups is 1. The molecule has 0 saturated carbocycles. The van der Waals surface area contributed by atoms with Gasteiger partial charge in [-0.05, 0) is 30.3 Å². The molecule has 0 fully saturated rings. The molecule has 24 heavy (non-hydrogen) atoms. The fourth-order valence-electron chi connectivity index (χ4n) is 2.12. The van der Waals surface area contributed by atoms with E-state index >= 15 is 0 Å². The Labute approximate surface area is 160 Å². The number of nitrogen functional groups attached to an aromatic ring is 1. The summed E-state index contributed by atoms with van der Waals surface area (Å²) in [7, 11) is -4.70. The van der Waals surface area contributed by atoms with Crippen molar-refractivity contribution in [1.29, 1.82) is 0 Å². The van der Waals surface area contributed by atoms with Gasteiger partial charge in [-0.1, -0.05) is 18.2 Å². The number of nitrogens with zero attached hydrogens (tertiary/aromatic N) is 3. The van der Waals surface area contributed by atoms with Gasteiger partial charge in [0.15, 0.2) is 0 Å². The normalized spacial score (nSPS) is 11.5. The van der Waals surface area contributed by atoms with Gasteiger partial charge < -0.3 is 10.3 Å². The fourth-order valence-corrected chi connectivity index (χ4v) is 2.81. The maximum atomic E-state index is 11.5. The maximum Gasteiger partial charge on any atom is 1.00 e. The average molecular weight is 350 g/mol. The Hall–Kier alpha value is -1.84. The van der Waals surface area contributed by atoms with Gasteiger partial charge in [-0.25, -0.2) is 8.42 Å². The van der Waals surface area contributed by atoms with Crippen LogP contribution < -0.4 is 35.3 Å². The quantitative estimate of drug-likeness (QED) is 0.312. The number of rotatable bonds is 3. The van der Waals surface area contributed by atoms with Crippen LogP contribution in [-0.4, -0.2) is 18.0 Å². The number of pyridine rings is 1. The zero-order valence-electron chi connectivity index (χ0n) is 12.7.